The number of rotatable bonds is 3. The number of carbonyl (C=O) groups excluding carboxylic acids is 2. The van der Waals surface area contributed by atoms with E-state index in [-0.39, 0.29) is 17.7 Å². The molecular formula is C17H23N3O2. The maximum Gasteiger partial charge on any atom is 0.256 e. The van der Waals surface area contributed by atoms with Crippen molar-refractivity contribution in [3.8, 4) is 0 Å². The van der Waals surface area contributed by atoms with Gasteiger partial charge in [-0.3, -0.25) is 9.59 Å². The number of hydrogen-bond acceptors (Lipinski definition) is 3. The van der Waals surface area contributed by atoms with Crippen LogP contribution in [0.4, 0.5) is 5.69 Å². The van der Waals surface area contributed by atoms with Crippen LogP contribution < -0.4 is 10.2 Å². The predicted molar refractivity (Wildman–Crippen MR) is 86.0 cm³/mol. The summed E-state index contributed by atoms with van der Waals surface area (Å²) in [4.78, 5) is 28.7. The van der Waals surface area contributed by atoms with E-state index in [0.29, 0.717) is 12.1 Å². The first-order chi connectivity index (χ1) is 10.7. The van der Waals surface area contributed by atoms with E-state index < -0.39 is 0 Å². The zero-order valence-corrected chi connectivity index (χ0v) is 13.0. The number of nitrogens with one attached hydrogen (secondary N) is 1. The van der Waals surface area contributed by atoms with E-state index >= 15 is 0 Å². The highest BCUT2D eigenvalue weighted by Gasteiger charge is 2.33. The minimum Gasteiger partial charge on any atom is -0.337 e. The number of carbonyl (C=O) groups is 2. The van der Waals surface area contributed by atoms with Crippen LogP contribution in [0.2, 0.25) is 0 Å². The Labute approximate surface area is 131 Å². The predicted octanol–water partition coefficient (Wildman–Crippen LogP) is 1.49. The van der Waals surface area contributed by atoms with Crippen molar-refractivity contribution in [3.05, 3.63) is 29.8 Å². The molecule has 1 saturated carbocycles. The van der Waals surface area contributed by atoms with Gasteiger partial charge in [0.25, 0.3) is 5.91 Å². The Morgan fingerprint density at radius 1 is 1.18 bits per heavy atom. The van der Waals surface area contributed by atoms with Crippen molar-refractivity contribution in [2.75, 3.05) is 38.1 Å². The summed E-state index contributed by atoms with van der Waals surface area (Å²) in [5.74, 6) is 0.295. The van der Waals surface area contributed by atoms with Crippen molar-refractivity contribution in [1.82, 2.24) is 10.2 Å². The molecule has 2 aliphatic rings. The van der Waals surface area contributed by atoms with Gasteiger partial charge in [-0.25, -0.2) is 0 Å². The van der Waals surface area contributed by atoms with Crippen molar-refractivity contribution >= 4 is 17.5 Å². The van der Waals surface area contributed by atoms with Gasteiger partial charge in [-0.1, -0.05) is 12.1 Å². The molecule has 1 saturated heterocycles. The Hall–Kier alpha value is -1.88. The first-order valence-electron chi connectivity index (χ1n) is 8.05. The Balaban J connectivity index is 1.83. The topological polar surface area (TPSA) is 52.7 Å². The second-order valence-electron chi connectivity index (χ2n) is 6.08. The molecule has 0 spiro atoms. The summed E-state index contributed by atoms with van der Waals surface area (Å²) in [7, 11) is 1.77. The number of nitrogens with zero attached hydrogens (tertiary/aromatic N) is 2. The summed E-state index contributed by atoms with van der Waals surface area (Å²) in [6, 6.07) is 7.44. The molecular weight excluding hydrogens is 278 g/mol. The summed E-state index contributed by atoms with van der Waals surface area (Å²) in [5, 5.41) is 3.30. The van der Waals surface area contributed by atoms with Crippen LogP contribution in [0.5, 0.6) is 0 Å². The maximum atomic E-state index is 12.8. The van der Waals surface area contributed by atoms with Crippen LogP contribution in [-0.2, 0) is 4.79 Å². The van der Waals surface area contributed by atoms with Crippen molar-refractivity contribution < 1.29 is 9.59 Å². The lowest BCUT2D eigenvalue weighted by molar-refractivity contribution is -0.119. The van der Waals surface area contributed by atoms with Gasteiger partial charge in [0.1, 0.15) is 0 Å². The number of para-hydroxylation sites is 1. The molecule has 3 rings (SSSR count). The highest BCUT2D eigenvalue weighted by molar-refractivity contribution is 6.05. The van der Waals surface area contributed by atoms with E-state index in [1.807, 2.05) is 29.2 Å². The molecule has 118 valence electrons. The largest absolute Gasteiger partial charge is 0.337 e. The molecule has 1 aliphatic heterocycles. The molecule has 5 nitrogen and oxygen atoms in total. The fourth-order valence-corrected chi connectivity index (χ4v) is 2.89. The van der Waals surface area contributed by atoms with E-state index in [1.54, 1.807) is 11.9 Å². The molecule has 1 N–H and O–H groups in total. The fraction of sp³-hybridized carbons (Fsp3) is 0.529. The summed E-state index contributed by atoms with van der Waals surface area (Å²) in [5.41, 5.74) is 1.35. The van der Waals surface area contributed by atoms with Gasteiger partial charge in [0, 0.05) is 32.6 Å². The maximum absolute atomic E-state index is 12.8. The second kappa shape index (κ2) is 6.48. The third kappa shape index (κ3) is 3.14. The summed E-state index contributed by atoms with van der Waals surface area (Å²) in [6.07, 6.45) is 2.90. The minimum atomic E-state index is 0.0229. The zero-order chi connectivity index (χ0) is 15.5. The van der Waals surface area contributed by atoms with E-state index in [4.69, 9.17) is 0 Å². The normalized spacial score (nSPS) is 18.7. The first-order valence-corrected chi connectivity index (χ1v) is 8.05. The Morgan fingerprint density at radius 2 is 1.95 bits per heavy atom. The molecule has 5 heteroatoms. The third-order valence-corrected chi connectivity index (χ3v) is 4.38. The van der Waals surface area contributed by atoms with Gasteiger partial charge < -0.3 is 15.1 Å². The van der Waals surface area contributed by atoms with E-state index in [9.17, 15) is 9.59 Å². The van der Waals surface area contributed by atoms with Crippen LogP contribution in [0.1, 0.15) is 29.6 Å². The molecule has 1 aliphatic carbocycles. The number of hydrogen-bond donors (Lipinski definition) is 1. The molecule has 2 amide bonds. The zero-order valence-electron chi connectivity index (χ0n) is 13.0. The molecule has 22 heavy (non-hydrogen) atoms. The number of benzene rings is 1. The smallest absolute Gasteiger partial charge is 0.256 e. The van der Waals surface area contributed by atoms with Crippen LogP contribution in [-0.4, -0.2) is 49.9 Å². The van der Waals surface area contributed by atoms with Crippen LogP contribution in [0, 0.1) is 5.92 Å². The van der Waals surface area contributed by atoms with E-state index in [0.717, 1.165) is 44.6 Å². The van der Waals surface area contributed by atoms with Crippen molar-refractivity contribution in [3.63, 3.8) is 0 Å². The molecule has 1 heterocycles. The molecule has 0 radical (unpaired) electrons. The average molecular weight is 301 g/mol. The van der Waals surface area contributed by atoms with Gasteiger partial charge in [0.15, 0.2) is 0 Å². The molecule has 0 unspecified atom stereocenters. The van der Waals surface area contributed by atoms with Gasteiger partial charge in [0.05, 0.1) is 11.3 Å². The molecule has 0 atom stereocenters. The average Bonchev–Trinajstić information content (AvgIpc) is 3.39. The van der Waals surface area contributed by atoms with E-state index in [1.165, 1.54) is 0 Å². The van der Waals surface area contributed by atoms with Crippen molar-refractivity contribution in [2.24, 2.45) is 5.92 Å². The van der Waals surface area contributed by atoms with Crippen LogP contribution >= 0.6 is 0 Å². The van der Waals surface area contributed by atoms with Crippen molar-refractivity contribution in [2.45, 2.75) is 19.3 Å². The number of anilines is 1. The molecule has 1 aromatic rings. The molecule has 0 aromatic heterocycles. The van der Waals surface area contributed by atoms with Crippen LogP contribution in [0.3, 0.4) is 0 Å². The second-order valence-corrected chi connectivity index (χ2v) is 6.08. The first kappa shape index (κ1) is 15.0. The van der Waals surface area contributed by atoms with Gasteiger partial charge in [-0.2, -0.15) is 0 Å². The highest BCUT2D eigenvalue weighted by atomic mass is 16.2. The standard InChI is InChI=1S/C17H23N3O2/c1-19(16(21)13-7-8-13)15-6-3-2-5-14(15)17(22)20-11-4-9-18-10-12-20/h2-3,5-6,13,18H,4,7-12H2,1H3. The number of amides is 2. The van der Waals surface area contributed by atoms with E-state index in [2.05, 4.69) is 5.32 Å². The lowest BCUT2D eigenvalue weighted by atomic mass is 10.1. The summed E-state index contributed by atoms with van der Waals surface area (Å²) in [6.45, 7) is 3.25. The van der Waals surface area contributed by atoms with Crippen LogP contribution in [0.15, 0.2) is 24.3 Å². The Kier molecular flexibility index (Phi) is 4.43. The monoisotopic (exact) mass is 301 g/mol. The Bertz CT molecular complexity index is 561. The van der Waals surface area contributed by atoms with Crippen LogP contribution in [0.25, 0.3) is 0 Å². The summed E-state index contributed by atoms with van der Waals surface area (Å²) >= 11 is 0. The van der Waals surface area contributed by atoms with Crippen molar-refractivity contribution in [1.29, 1.82) is 0 Å². The van der Waals surface area contributed by atoms with Gasteiger partial charge in [-0.05, 0) is 37.9 Å². The highest BCUT2D eigenvalue weighted by Crippen LogP contribution is 2.33. The van der Waals surface area contributed by atoms with Gasteiger partial charge in [0.2, 0.25) is 5.91 Å². The van der Waals surface area contributed by atoms with Gasteiger partial charge in [-0.15, -0.1) is 0 Å². The third-order valence-electron chi connectivity index (χ3n) is 4.38. The molecule has 1 aromatic carbocycles. The Morgan fingerprint density at radius 3 is 2.73 bits per heavy atom. The SMILES string of the molecule is CN(C(=O)C1CC1)c1ccccc1C(=O)N1CCCNCC1. The fourth-order valence-electron chi connectivity index (χ4n) is 2.89. The molecule has 0 bridgehead atoms. The quantitative estimate of drug-likeness (QED) is 0.920. The lowest BCUT2D eigenvalue weighted by Gasteiger charge is -2.25. The summed E-state index contributed by atoms with van der Waals surface area (Å²) < 4.78 is 0. The molecule has 2 fully saturated rings. The minimum absolute atomic E-state index is 0.0229. The van der Waals surface area contributed by atoms with Gasteiger partial charge >= 0.3 is 0 Å². The lowest BCUT2D eigenvalue weighted by Crippen LogP contribution is -2.36.